The first-order valence-electron chi connectivity index (χ1n) is 8.01. The summed E-state index contributed by atoms with van der Waals surface area (Å²) in [6, 6.07) is 0. The maximum Gasteiger partial charge on any atom is 0.345 e. The second-order valence-corrected chi connectivity index (χ2v) is 7.09. The van der Waals surface area contributed by atoms with Crippen LogP contribution in [0.5, 0.6) is 5.88 Å². The molecular formula is C16H26BrN3O4. The fraction of sp³-hybridized carbons (Fsp3) is 0.688. The molecule has 0 spiro atoms. The van der Waals surface area contributed by atoms with Crippen molar-refractivity contribution in [3.8, 4) is 5.88 Å². The van der Waals surface area contributed by atoms with Gasteiger partial charge in [-0.1, -0.05) is 22.9 Å². The van der Waals surface area contributed by atoms with Crippen LogP contribution < -0.4 is 10.1 Å². The third kappa shape index (κ3) is 5.51. The van der Waals surface area contributed by atoms with Crippen LogP contribution in [0.2, 0.25) is 0 Å². The normalized spacial score (nSPS) is 12.6. The topological polar surface area (TPSA) is 82.4 Å². The van der Waals surface area contributed by atoms with Crippen LogP contribution in [0.25, 0.3) is 0 Å². The summed E-state index contributed by atoms with van der Waals surface area (Å²) in [5.41, 5.74) is -0.188. The average molecular weight is 404 g/mol. The Morgan fingerprint density at radius 1 is 1.42 bits per heavy atom. The summed E-state index contributed by atoms with van der Waals surface area (Å²) in [5, 5.41) is 7.15. The van der Waals surface area contributed by atoms with Gasteiger partial charge >= 0.3 is 5.97 Å². The van der Waals surface area contributed by atoms with Crippen LogP contribution in [0.4, 0.5) is 0 Å². The van der Waals surface area contributed by atoms with Gasteiger partial charge in [-0.25, -0.2) is 9.48 Å². The zero-order valence-corrected chi connectivity index (χ0v) is 16.5. The van der Waals surface area contributed by atoms with Gasteiger partial charge in [-0.15, -0.1) is 0 Å². The minimum atomic E-state index is -0.496. The Morgan fingerprint density at radius 3 is 2.62 bits per heavy atom. The number of carbonyl (C=O) groups excluding carboxylic acids is 2. The van der Waals surface area contributed by atoms with Gasteiger partial charge in [-0.3, -0.25) is 4.79 Å². The molecule has 24 heavy (non-hydrogen) atoms. The summed E-state index contributed by atoms with van der Waals surface area (Å²) in [6.45, 7) is 10.2. The summed E-state index contributed by atoms with van der Waals surface area (Å²) in [4.78, 5) is 23.3. The highest BCUT2D eigenvalue weighted by Crippen LogP contribution is 2.25. The molecule has 0 saturated carbocycles. The number of amides is 1. The summed E-state index contributed by atoms with van der Waals surface area (Å²) in [7, 11) is 0. The van der Waals surface area contributed by atoms with E-state index in [-0.39, 0.29) is 17.3 Å². The van der Waals surface area contributed by atoms with Crippen LogP contribution >= 0.6 is 15.9 Å². The number of halogens is 1. The Hall–Kier alpha value is -1.57. The lowest BCUT2D eigenvalue weighted by Gasteiger charge is -2.31. The van der Waals surface area contributed by atoms with Crippen molar-refractivity contribution in [2.75, 3.05) is 13.2 Å². The molecule has 1 unspecified atom stereocenters. The Bertz CT molecular complexity index is 572. The number of ether oxygens (including phenoxy) is 2. The highest BCUT2D eigenvalue weighted by Gasteiger charge is 2.30. The Balaban J connectivity index is 3.01. The standard InChI is InChI=1S/C16H26BrN3O4/c1-6-8-24-14-12(15(22)23-7-2)9-18-20(14)10-13(17)16(4,5)19-11(3)21/h9,13H,6-8,10H2,1-5H3,(H,19,21). The molecule has 136 valence electrons. The average Bonchev–Trinajstić information content (AvgIpc) is 2.86. The SMILES string of the molecule is CCCOc1c(C(=O)OCC)cnn1CC(Br)C(C)(C)NC(C)=O. The monoisotopic (exact) mass is 403 g/mol. The maximum atomic E-state index is 12.0. The van der Waals surface area contributed by atoms with Gasteiger partial charge in [-0.2, -0.15) is 5.10 Å². The third-order valence-electron chi connectivity index (χ3n) is 3.34. The molecule has 0 fully saturated rings. The van der Waals surface area contributed by atoms with E-state index < -0.39 is 11.5 Å². The van der Waals surface area contributed by atoms with Crippen LogP contribution in [0.15, 0.2) is 6.20 Å². The van der Waals surface area contributed by atoms with Gasteiger partial charge in [0.15, 0.2) is 0 Å². The van der Waals surface area contributed by atoms with Gasteiger partial charge in [-0.05, 0) is 27.2 Å². The van der Waals surface area contributed by atoms with Crippen LogP contribution in [0.1, 0.15) is 51.4 Å². The lowest BCUT2D eigenvalue weighted by molar-refractivity contribution is -0.120. The van der Waals surface area contributed by atoms with Crippen molar-refractivity contribution >= 4 is 27.8 Å². The van der Waals surface area contributed by atoms with Gasteiger partial charge in [0.25, 0.3) is 0 Å². The van der Waals surface area contributed by atoms with E-state index in [1.165, 1.54) is 13.1 Å². The van der Waals surface area contributed by atoms with Gasteiger partial charge < -0.3 is 14.8 Å². The minimum Gasteiger partial charge on any atom is -0.477 e. The number of nitrogens with zero attached hydrogens (tertiary/aromatic N) is 2. The Morgan fingerprint density at radius 2 is 2.08 bits per heavy atom. The predicted molar refractivity (Wildman–Crippen MR) is 94.6 cm³/mol. The highest BCUT2D eigenvalue weighted by atomic mass is 79.9. The molecule has 0 aliphatic carbocycles. The van der Waals surface area contributed by atoms with Crippen molar-refractivity contribution in [1.29, 1.82) is 0 Å². The summed E-state index contributed by atoms with van der Waals surface area (Å²) < 4.78 is 12.4. The lowest BCUT2D eigenvalue weighted by atomic mass is 10.0. The molecule has 1 atom stereocenters. The maximum absolute atomic E-state index is 12.0. The molecule has 7 nitrogen and oxygen atoms in total. The van der Waals surface area contributed by atoms with E-state index in [0.29, 0.717) is 24.6 Å². The van der Waals surface area contributed by atoms with Crippen LogP contribution in [0.3, 0.4) is 0 Å². The van der Waals surface area contributed by atoms with Crippen molar-refractivity contribution in [2.24, 2.45) is 0 Å². The van der Waals surface area contributed by atoms with E-state index in [1.54, 1.807) is 11.6 Å². The fourth-order valence-electron chi connectivity index (χ4n) is 2.12. The van der Waals surface area contributed by atoms with Gasteiger partial charge in [0.05, 0.1) is 30.8 Å². The van der Waals surface area contributed by atoms with Crippen molar-refractivity contribution in [3.05, 3.63) is 11.8 Å². The first-order valence-corrected chi connectivity index (χ1v) is 8.93. The molecule has 1 aromatic rings. The molecule has 0 aromatic carbocycles. The van der Waals surface area contributed by atoms with E-state index >= 15 is 0 Å². The van der Waals surface area contributed by atoms with E-state index in [9.17, 15) is 9.59 Å². The quantitative estimate of drug-likeness (QED) is 0.505. The van der Waals surface area contributed by atoms with Gasteiger partial charge in [0.2, 0.25) is 11.8 Å². The summed E-state index contributed by atoms with van der Waals surface area (Å²) in [5.74, 6) is -0.181. The lowest BCUT2D eigenvalue weighted by Crippen LogP contribution is -2.50. The van der Waals surface area contributed by atoms with Crippen LogP contribution in [0, 0.1) is 0 Å². The summed E-state index contributed by atoms with van der Waals surface area (Å²) >= 11 is 3.60. The number of hydrogen-bond donors (Lipinski definition) is 1. The molecule has 0 saturated heterocycles. The van der Waals surface area contributed by atoms with Crippen LogP contribution in [-0.2, 0) is 16.1 Å². The molecule has 0 bridgehead atoms. The smallest absolute Gasteiger partial charge is 0.345 e. The van der Waals surface area contributed by atoms with E-state index in [0.717, 1.165) is 6.42 Å². The molecule has 1 amide bonds. The largest absolute Gasteiger partial charge is 0.477 e. The molecule has 0 aliphatic rings. The number of alkyl halides is 1. The number of esters is 1. The van der Waals surface area contributed by atoms with E-state index in [2.05, 4.69) is 26.3 Å². The number of rotatable bonds is 9. The van der Waals surface area contributed by atoms with Crippen molar-refractivity contribution in [1.82, 2.24) is 15.1 Å². The Kier molecular flexibility index (Phi) is 7.72. The molecule has 0 radical (unpaired) electrons. The third-order valence-corrected chi connectivity index (χ3v) is 4.78. The van der Waals surface area contributed by atoms with E-state index in [4.69, 9.17) is 9.47 Å². The first kappa shape index (κ1) is 20.5. The van der Waals surface area contributed by atoms with Crippen molar-refractivity contribution in [3.63, 3.8) is 0 Å². The number of aromatic nitrogens is 2. The highest BCUT2D eigenvalue weighted by molar-refractivity contribution is 9.09. The van der Waals surface area contributed by atoms with Gasteiger partial charge in [0.1, 0.15) is 5.56 Å². The minimum absolute atomic E-state index is 0.111. The second kappa shape index (κ2) is 9.05. The number of carbonyl (C=O) groups is 2. The molecular weight excluding hydrogens is 378 g/mol. The summed E-state index contributed by atoms with van der Waals surface area (Å²) in [6.07, 6.45) is 2.26. The molecule has 0 aliphatic heterocycles. The predicted octanol–water partition coefficient (Wildman–Crippen LogP) is 2.53. The molecule has 8 heteroatoms. The number of nitrogens with one attached hydrogen (secondary N) is 1. The molecule has 1 N–H and O–H groups in total. The number of hydrogen-bond acceptors (Lipinski definition) is 5. The van der Waals surface area contributed by atoms with Gasteiger partial charge in [0, 0.05) is 12.5 Å². The first-order chi connectivity index (χ1) is 11.2. The molecule has 1 aromatic heterocycles. The zero-order chi connectivity index (χ0) is 18.3. The van der Waals surface area contributed by atoms with Crippen LogP contribution in [-0.4, -0.2) is 45.2 Å². The molecule has 1 heterocycles. The van der Waals surface area contributed by atoms with Crippen molar-refractivity contribution in [2.45, 2.75) is 58.0 Å². The zero-order valence-electron chi connectivity index (χ0n) is 14.9. The van der Waals surface area contributed by atoms with Crippen molar-refractivity contribution < 1.29 is 19.1 Å². The molecule has 1 rings (SSSR count). The fourth-order valence-corrected chi connectivity index (χ4v) is 2.50. The Labute approximate surface area is 151 Å². The van der Waals surface area contributed by atoms with E-state index in [1.807, 2.05) is 20.8 Å². The second-order valence-electron chi connectivity index (χ2n) is 5.98.